The Hall–Kier alpha value is -1.69. The second-order valence-electron chi connectivity index (χ2n) is 1.98. The van der Waals surface area contributed by atoms with Gasteiger partial charge in [0.2, 0.25) is 0 Å². The molecule has 0 atom stereocenters. The van der Waals surface area contributed by atoms with E-state index in [4.69, 9.17) is 5.11 Å². The number of nitrogens with zero attached hydrogens (tertiary/aromatic N) is 1. The zero-order valence-electron chi connectivity index (χ0n) is 6.10. The van der Waals surface area contributed by atoms with Crippen LogP contribution in [0.1, 0.15) is 0 Å². The Balaban J connectivity index is 2.97. The van der Waals surface area contributed by atoms with Gasteiger partial charge in [-0.1, -0.05) is 0 Å². The van der Waals surface area contributed by atoms with Crippen LogP contribution in [0.3, 0.4) is 0 Å². The molecule has 0 aromatic rings. The Morgan fingerprint density at radius 1 is 1.58 bits per heavy atom. The second kappa shape index (κ2) is 2.74. The average Bonchev–Trinajstić information content (AvgIpc) is 2.27. The van der Waals surface area contributed by atoms with Crippen molar-refractivity contribution in [1.29, 1.82) is 0 Å². The third kappa shape index (κ3) is 1.08. The first-order valence-electron chi connectivity index (χ1n) is 2.95. The van der Waals surface area contributed by atoms with Crippen molar-refractivity contribution in [3.05, 3.63) is 11.6 Å². The van der Waals surface area contributed by atoms with Crippen LogP contribution in [-0.4, -0.2) is 35.1 Å². The van der Waals surface area contributed by atoms with Gasteiger partial charge in [0.25, 0.3) is 11.8 Å². The molecule has 64 valence electrons. The van der Waals surface area contributed by atoms with Crippen LogP contribution in [0.15, 0.2) is 11.6 Å². The normalized spacial score (nSPS) is 16.8. The van der Waals surface area contributed by atoms with Crippen molar-refractivity contribution in [3.8, 4) is 0 Å². The highest BCUT2D eigenvalue weighted by atomic mass is 16.7. The summed E-state index contributed by atoms with van der Waals surface area (Å²) in [5.74, 6) is -3.16. The smallest absolute Gasteiger partial charge is 0.341 e. The Morgan fingerprint density at radius 2 is 2.17 bits per heavy atom. The predicted octanol–water partition coefficient (Wildman–Crippen LogP) is -1.07. The van der Waals surface area contributed by atoms with E-state index in [0.29, 0.717) is 11.1 Å². The number of rotatable bonds is 2. The minimum Gasteiger partial charge on any atom is -0.477 e. The molecule has 0 spiro atoms. The molecule has 0 saturated carbocycles. The van der Waals surface area contributed by atoms with Gasteiger partial charge in [-0.05, 0) is 0 Å². The van der Waals surface area contributed by atoms with Gasteiger partial charge in [-0.2, -0.15) is 0 Å². The molecule has 1 aliphatic heterocycles. The molecule has 6 heteroatoms. The lowest BCUT2D eigenvalue weighted by molar-refractivity contribution is -0.178. The third-order valence-electron chi connectivity index (χ3n) is 1.30. The van der Waals surface area contributed by atoms with E-state index in [0.717, 1.165) is 7.11 Å². The number of carbonyl (C=O) groups excluding carboxylic acids is 2. The Morgan fingerprint density at radius 3 is 2.42 bits per heavy atom. The zero-order chi connectivity index (χ0) is 9.30. The topological polar surface area (TPSA) is 83.9 Å². The number of imide groups is 1. The van der Waals surface area contributed by atoms with Gasteiger partial charge >= 0.3 is 5.97 Å². The fourth-order valence-corrected chi connectivity index (χ4v) is 0.779. The molecule has 6 nitrogen and oxygen atoms in total. The van der Waals surface area contributed by atoms with Crippen LogP contribution >= 0.6 is 0 Å². The minimum atomic E-state index is -1.44. The van der Waals surface area contributed by atoms with Crippen molar-refractivity contribution in [2.75, 3.05) is 7.11 Å². The van der Waals surface area contributed by atoms with Gasteiger partial charge in [0.1, 0.15) is 5.57 Å². The van der Waals surface area contributed by atoms with E-state index in [2.05, 4.69) is 4.84 Å². The molecule has 1 heterocycles. The average molecular weight is 171 g/mol. The lowest BCUT2D eigenvalue weighted by atomic mass is 10.3. The summed E-state index contributed by atoms with van der Waals surface area (Å²) in [6.07, 6.45) is 0.716. The van der Waals surface area contributed by atoms with Crippen molar-refractivity contribution >= 4 is 17.8 Å². The summed E-state index contributed by atoms with van der Waals surface area (Å²) in [5, 5.41) is 8.77. The molecule has 0 aromatic carbocycles. The van der Waals surface area contributed by atoms with Crippen LogP contribution < -0.4 is 0 Å². The quantitative estimate of drug-likeness (QED) is 0.422. The van der Waals surface area contributed by atoms with Crippen LogP contribution in [0.5, 0.6) is 0 Å². The maximum absolute atomic E-state index is 10.9. The van der Waals surface area contributed by atoms with Gasteiger partial charge in [-0.3, -0.25) is 14.4 Å². The van der Waals surface area contributed by atoms with Gasteiger partial charge in [0.15, 0.2) is 0 Å². The van der Waals surface area contributed by atoms with E-state index in [1.54, 1.807) is 0 Å². The zero-order valence-corrected chi connectivity index (χ0v) is 6.10. The third-order valence-corrected chi connectivity index (χ3v) is 1.30. The Labute approximate surface area is 67.0 Å². The van der Waals surface area contributed by atoms with E-state index in [-0.39, 0.29) is 0 Å². The summed E-state index contributed by atoms with van der Waals surface area (Å²) in [5.41, 5.74) is -0.582. The molecule has 0 saturated heterocycles. The Kier molecular flexibility index (Phi) is 1.92. The summed E-state index contributed by atoms with van der Waals surface area (Å²) in [6.45, 7) is 0. The summed E-state index contributed by atoms with van der Waals surface area (Å²) >= 11 is 0. The Bertz CT molecular complexity index is 292. The number of aliphatic carboxylic acids is 1. The first-order chi connectivity index (χ1) is 5.57. The van der Waals surface area contributed by atoms with Gasteiger partial charge in [0.05, 0.1) is 7.11 Å². The van der Waals surface area contributed by atoms with E-state index in [1.807, 2.05) is 0 Å². The van der Waals surface area contributed by atoms with E-state index in [9.17, 15) is 14.4 Å². The molecule has 0 unspecified atom stereocenters. The molecule has 0 fully saturated rings. The summed E-state index contributed by atoms with van der Waals surface area (Å²) in [6, 6.07) is 0. The first kappa shape index (κ1) is 8.41. The number of carboxylic acid groups (broad SMARTS) is 1. The fraction of sp³-hybridized carbons (Fsp3) is 0.167. The fourth-order valence-electron chi connectivity index (χ4n) is 0.779. The van der Waals surface area contributed by atoms with Gasteiger partial charge in [-0.15, -0.1) is 5.06 Å². The molecule has 0 aromatic heterocycles. The molecular formula is C6H5NO5. The van der Waals surface area contributed by atoms with E-state index in [1.165, 1.54) is 0 Å². The first-order valence-corrected chi connectivity index (χ1v) is 2.95. The number of hydroxylamine groups is 2. The maximum atomic E-state index is 10.9. The molecule has 2 amide bonds. The molecule has 1 rings (SSSR count). The van der Waals surface area contributed by atoms with Crippen LogP contribution in [0, 0.1) is 0 Å². The SMILES string of the molecule is CON1C(=O)C=C(C(=O)O)C1=O. The molecule has 0 aliphatic carbocycles. The van der Waals surface area contributed by atoms with Crippen molar-refractivity contribution in [2.45, 2.75) is 0 Å². The van der Waals surface area contributed by atoms with Crippen LogP contribution in [0.4, 0.5) is 0 Å². The van der Waals surface area contributed by atoms with Gasteiger partial charge in [-0.25, -0.2) is 4.79 Å². The maximum Gasteiger partial charge on any atom is 0.341 e. The highest BCUT2D eigenvalue weighted by molar-refractivity contribution is 6.27. The van der Waals surface area contributed by atoms with Gasteiger partial charge < -0.3 is 5.11 Å². The highest BCUT2D eigenvalue weighted by Crippen LogP contribution is 2.12. The summed E-state index contributed by atoms with van der Waals surface area (Å²) in [7, 11) is 1.11. The molecular weight excluding hydrogens is 166 g/mol. The largest absolute Gasteiger partial charge is 0.477 e. The van der Waals surface area contributed by atoms with E-state index >= 15 is 0 Å². The standard InChI is InChI=1S/C6H5NO5/c1-12-7-4(8)2-3(5(7)9)6(10)11/h2H,1H3,(H,10,11). The van der Waals surface area contributed by atoms with Crippen molar-refractivity contribution in [3.63, 3.8) is 0 Å². The monoisotopic (exact) mass is 171 g/mol. The highest BCUT2D eigenvalue weighted by Gasteiger charge is 2.35. The predicted molar refractivity (Wildman–Crippen MR) is 34.6 cm³/mol. The number of carbonyl (C=O) groups is 3. The van der Waals surface area contributed by atoms with Crippen molar-refractivity contribution in [1.82, 2.24) is 5.06 Å². The molecule has 1 aliphatic rings. The van der Waals surface area contributed by atoms with Crippen LogP contribution in [0.25, 0.3) is 0 Å². The number of carboxylic acids is 1. The van der Waals surface area contributed by atoms with Crippen molar-refractivity contribution in [2.24, 2.45) is 0 Å². The molecule has 1 N–H and O–H groups in total. The second-order valence-corrected chi connectivity index (χ2v) is 1.98. The number of hydrogen-bond acceptors (Lipinski definition) is 4. The molecule has 12 heavy (non-hydrogen) atoms. The lowest BCUT2D eigenvalue weighted by Gasteiger charge is -2.08. The summed E-state index contributed by atoms with van der Waals surface area (Å²) in [4.78, 5) is 36.3. The summed E-state index contributed by atoms with van der Waals surface area (Å²) < 4.78 is 0. The van der Waals surface area contributed by atoms with Gasteiger partial charge in [0, 0.05) is 6.08 Å². The van der Waals surface area contributed by atoms with Crippen molar-refractivity contribution < 1.29 is 24.3 Å². The number of amides is 2. The minimum absolute atomic E-state index is 0.378. The van der Waals surface area contributed by atoms with Crippen LogP contribution in [0.2, 0.25) is 0 Å². The molecule has 0 bridgehead atoms. The lowest BCUT2D eigenvalue weighted by Crippen LogP contribution is -2.30. The molecule has 0 radical (unpaired) electrons. The van der Waals surface area contributed by atoms with Crippen LogP contribution in [-0.2, 0) is 19.2 Å². The number of hydrogen-bond donors (Lipinski definition) is 1. The van der Waals surface area contributed by atoms with E-state index < -0.39 is 23.4 Å².